The molecule has 3 aromatic rings. The zero-order chi connectivity index (χ0) is 25.4. The number of carbonyl (C=O) groups excluding carboxylic acids is 2. The number of nitrogens with zero attached hydrogens (tertiary/aromatic N) is 1. The van der Waals surface area contributed by atoms with Gasteiger partial charge < -0.3 is 14.2 Å². The molecule has 2 aromatic carbocycles. The van der Waals surface area contributed by atoms with Gasteiger partial charge in [0.15, 0.2) is 23.1 Å². The second-order valence-electron chi connectivity index (χ2n) is 9.48. The van der Waals surface area contributed by atoms with Crippen molar-refractivity contribution in [3.05, 3.63) is 70.7 Å². The highest BCUT2D eigenvalue weighted by atomic mass is 19.1. The molecule has 0 saturated heterocycles. The average molecular weight is 490 g/mol. The molecule has 0 bridgehead atoms. The van der Waals surface area contributed by atoms with Crippen molar-refractivity contribution in [1.29, 1.82) is 0 Å². The van der Waals surface area contributed by atoms with Gasteiger partial charge in [0.2, 0.25) is 0 Å². The smallest absolute Gasteiger partial charge is 0.181 e. The SMILES string of the molecule is COc1cc(C(=O)CCC(=O)c2cc3c(c(-c4ccc(F)c(C)c4)n2)OCC3C)ccc1OC1CC1. The molecule has 2 heterocycles. The molecular formula is C29H28FNO5. The Morgan fingerprint density at radius 1 is 1.06 bits per heavy atom. The Labute approximate surface area is 209 Å². The van der Waals surface area contributed by atoms with Crippen molar-refractivity contribution in [1.82, 2.24) is 4.98 Å². The van der Waals surface area contributed by atoms with Crippen LogP contribution in [0.4, 0.5) is 4.39 Å². The summed E-state index contributed by atoms with van der Waals surface area (Å²) in [5, 5.41) is 0. The second-order valence-corrected chi connectivity index (χ2v) is 9.48. The summed E-state index contributed by atoms with van der Waals surface area (Å²) in [4.78, 5) is 30.6. The number of aromatic nitrogens is 1. The van der Waals surface area contributed by atoms with E-state index in [1.807, 2.05) is 6.92 Å². The van der Waals surface area contributed by atoms with Crippen LogP contribution in [0.25, 0.3) is 11.3 Å². The molecule has 0 N–H and O–H groups in total. The zero-order valence-electron chi connectivity index (χ0n) is 20.6. The Kier molecular flexibility index (Phi) is 6.48. The number of ether oxygens (including phenoxy) is 3. The summed E-state index contributed by atoms with van der Waals surface area (Å²) in [6.45, 7) is 4.19. The number of halogens is 1. The van der Waals surface area contributed by atoms with E-state index in [1.165, 1.54) is 13.2 Å². The van der Waals surface area contributed by atoms with Gasteiger partial charge in [0.25, 0.3) is 0 Å². The highest BCUT2D eigenvalue weighted by molar-refractivity contribution is 6.02. The number of carbonyl (C=O) groups is 2. The minimum atomic E-state index is -0.306. The zero-order valence-corrected chi connectivity index (χ0v) is 20.6. The molecule has 2 aliphatic rings. The third kappa shape index (κ3) is 4.83. The van der Waals surface area contributed by atoms with Crippen LogP contribution in [0, 0.1) is 12.7 Å². The quantitative estimate of drug-likeness (QED) is 0.339. The van der Waals surface area contributed by atoms with Crippen LogP contribution in [-0.2, 0) is 0 Å². The molecule has 1 fully saturated rings. The number of ketones is 2. The van der Waals surface area contributed by atoms with E-state index in [9.17, 15) is 14.0 Å². The predicted molar refractivity (Wildman–Crippen MR) is 133 cm³/mol. The van der Waals surface area contributed by atoms with Gasteiger partial charge in [0.1, 0.15) is 23.0 Å². The predicted octanol–water partition coefficient (Wildman–Crippen LogP) is 6.09. The number of aryl methyl sites for hydroxylation is 1. The largest absolute Gasteiger partial charge is 0.493 e. The molecule has 1 saturated carbocycles. The van der Waals surface area contributed by atoms with Crippen molar-refractivity contribution >= 4 is 11.6 Å². The average Bonchev–Trinajstić information content (AvgIpc) is 3.63. The molecule has 6 nitrogen and oxygen atoms in total. The summed E-state index contributed by atoms with van der Waals surface area (Å²) in [6, 6.07) is 11.6. The summed E-state index contributed by atoms with van der Waals surface area (Å²) in [5.41, 5.74) is 3.33. The molecule has 36 heavy (non-hydrogen) atoms. The van der Waals surface area contributed by atoms with Gasteiger partial charge in [0.05, 0.1) is 19.8 Å². The van der Waals surface area contributed by atoms with Gasteiger partial charge in [0, 0.05) is 35.4 Å². The van der Waals surface area contributed by atoms with Crippen molar-refractivity contribution in [3.8, 4) is 28.5 Å². The Balaban J connectivity index is 1.35. The summed E-state index contributed by atoms with van der Waals surface area (Å²) >= 11 is 0. The molecule has 0 radical (unpaired) electrons. The number of Topliss-reactive ketones (excluding diaryl/α,β-unsaturated/α-hetero) is 2. The van der Waals surface area contributed by atoms with Gasteiger partial charge >= 0.3 is 0 Å². The Bertz CT molecular complexity index is 1350. The molecule has 1 aromatic heterocycles. The number of hydrogen-bond acceptors (Lipinski definition) is 6. The van der Waals surface area contributed by atoms with Gasteiger partial charge in [-0.2, -0.15) is 0 Å². The van der Waals surface area contributed by atoms with Crippen LogP contribution in [0.1, 0.15) is 70.5 Å². The van der Waals surface area contributed by atoms with Gasteiger partial charge in [-0.15, -0.1) is 0 Å². The van der Waals surface area contributed by atoms with Crippen LogP contribution in [0.15, 0.2) is 42.5 Å². The fourth-order valence-electron chi connectivity index (χ4n) is 4.30. The van der Waals surface area contributed by atoms with Crippen LogP contribution in [0.3, 0.4) is 0 Å². The number of hydrogen-bond donors (Lipinski definition) is 0. The molecule has 186 valence electrons. The van der Waals surface area contributed by atoms with Crippen molar-refractivity contribution in [2.24, 2.45) is 0 Å². The van der Waals surface area contributed by atoms with Crippen LogP contribution < -0.4 is 14.2 Å². The van der Waals surface area contributed by atoms with Crippen LogP contribution >= 0.6 is 0 Å². The number of pyridine rings is 1. The third-order valence-corrected chi connectivity index (χ3v) is 6.61. The lowest BCUT2D eigenvalue weighted by molar-refractivity contribution is 0.0915. The Morgan fingerprint density at radius 2 is 1.83 bits per heavy atom. The number of rotatable bonds is 9. The molecule has 1 aliphatic carbocycles. The van der Waals surface area contributed by atoms with Crippen molar-refractivity contribution < 1.29 is 28.2 Å². The van der Waals surface area contributed by atoms with E-state index in [-0.39, 0.29) is 47.9 Å². The van der Waals surface area contributed by atoms with Crippen molar-refractivity contribution in [2.45, 2.75) is 51.6 Å². The maximum Gasteiger partial charge on any atom is 0.181 e. The molecule has 1 unspecified atom stereocenters. The maximum atomic E-state index is 13.8. The monoisotopic (exact) mass is 489 g/mol. The number of fused-ring (bicyclic) bond motifs is 1. The molecule has 1 aliphatic heterocycles. The van der Waals surface area contributed by atoms with E-state index in [0.717, 1.165) is 18.4 Å². The fourth-order valence-corrected chi connectivity index (χ4v) is 4.30. The highest BCUT2D eigenvalue weighted by Gasteiger charge is 2.28. The summed E-state index contributed by atoms with van der Waals surface area (Å²) < 4.78 is 30.9. The van der Waals surface area contributed by atoms with Crippen LogP contribution in [0.5, 0.6) is 17.2 Å². The third-order valence-electron chi connectivity index (χ3n) is 6.61. The first kappa shape index (κ1) is 24.0. The summed E-state index contributed by atoms with van der Waals surface area (Å²) in [7, 11) is 1.54. The van der Waals surface area contributed by atoms with E-state index in [1.54, 1.807) is 43.3 Å². The van der Waals surface area contributed by atoms with Gasteiger partial charge in [-0.05, 0) is 67.8 Å². The molecule has 0 amide bonds. The standard InChI is InChI=1S/C29H28FNO5/c1-16-12-19(4-8-22(16)30)28-29-21(17(2)15-35-29)14-23(31-28)25(33)10-9-24(32)18-5-11-26(27(13-18)34-3)36-20-6-7-20/h4-5,8,11-14,17,20H,6-7,9-10,15H2,1-3H3. The van der Waals surface area contributed by atoms with Crippen LogP contribution in [-0.4, -0.2) is 36.4 Å². The van der Waals surface area contributed by atoms with Crippen molar-refractivity contribution in [3.63, 3.8) is 0 Å². The molecule has 5 rings (SSSR count). The molecule has 1 atom stereocenters. The minimum Gasteiger partial charge on any atom is -0.493 e. The molecule has 7 heteroatoms. The van der Waals surface area contributed by atoms with E-state index >= 15 is 0 Å². The van der Waals surface area contributed by atoms with Crippen molar-refractivity contribution in [2.75, 3.05) is 13.7 Å². The van der Waals surface area contributed by atoms with Gasteiger partial charge in [-0.3, -0.25) is 9.59 Å². The first-order valence-electron chi connectivity index (χ1n) is 12.2. The fraction of sp³-hybridized carbons (Fsp3) is 0.345. The first-order chi connectivity index (χ1) is 17.3. The second kappa shape index (κ2) is 9.72. The topological polar surface area (TPSA) is 74.7 Å². The summed E-state index contributed by atoms with van der Waals surface area (Å²) in [5.74, 6) is 1.15. The van der Waals surface area contributed by atoms with E-state index in [0.29, 0.717) is 46.2 Å². The number of methoxy groups -OCH3 is 1. The van der Waals surface area contributed by atoms with Crippen LogP contribution in [0.2, 0.25) is 0 Å². The lowest BCUT2D eigenvalue weighted by Gasteiger charge is -2.12. The van der Waals surface area contributed by atoms with E-state index < -0.39 is 0 Å². The maximum absolute atomic E-state index is 13.8. The molecule has 0 spiro atoms. The Morgan fingerprint density at radius 3 is 2.56 bits per heavy atom. The van der Waals surface area contributed by atoms with Gasteiger partial charge in [-0.25, -0.2) is 9.37 Å². The lowest BCUT2D eigenvalue weighted by atomic mass is 9.97. The van der Waals surface area contributed by atoms with Gasteiger partial charge in [-0.1, -0.05) is 6.92 Å². The normalized spacial score (nSPS) is 16.3. The lowest BCUT2D eigenvalue weighted by Crippen LogP contribution is -2.09. The van der Waals surface area contributed by atoms with E-state index in [4.69, 9.17) is 14.2 Å². The Hall–Kier alpha value is -3.74. The highest BCUT2D eigenvalue weighted by Crippen LogP contribution is 2.41. The number of benzene rings is 2. The first-order valence-corrected chi connectivity index (χ1v) is 12.2. The summed E-state index contributed by atoms with van der Waals surface area (Å²) in [6.07, 6.45) is 2.33. The molecular weight excluding hydrogens is 461 g/mol. The minimum absolute atomic E-state index is 0.0182. The van der Waals surface area contributed by atoms with E-state index in [2.05, 4.69) is 4.98 Å².